The van der Waals surface area contributed by atoms with Crippen molar-refractivity contribution in [3.8, 4) is 0 Å². The van der Waals surface area contributed by atoms with E-state index in [9.17, 15) is 18.5 Å². The van der Waals surface area contributed by atoms with E-state index in [-0.39, 0.29) is 18.0 Å². The Morgan fingerprint density at radius 3 is 1.96 bits per heavy atom. The molecule has 8 heteroatoms. The van der Waals surface area contributed by atoms with Crippen molar-refractivity contribution in [1.29, 1.82) is 0 Å². The highest BCUT2D eigenvalue weighted by Crippen LogP contribution is 2.22. The van der Waals surface area contributed by atoms with Gasteiger partial charge in [0.1, 0.15) is 0 Å². The zero-order chi connectivity index (χ0) is 17.2. The first-order valence-corrected chi connectivity index (χ1v) is 8.97. The smallest absolute Gasteiger partial charge is 0.269 e. The molecule has 0 aromatic heterocycles. The molecule has 0 saturated carbocycles. The van der Waals surface area contributed by atoms with Crippen LogP contribution in [0.2, 0.25) is 0 Å². The first-order valence-electron chi connectivity index (χ1n) is 7.53. The van der Waals surface area contributed by atoms with Crippen molar-refractivity contribution in [2.75, 3.05) is 31.1 Å². The first kappa shape index (κ1) is 18.9. The van der Waals surface area contributed by atoms with Crippen molar-refractivity contribution in [3.05, 3.63) is 64.7 Å². The minimum atomic E-state index is -3.63. The van der Waals surface area contributed by atoms with Gasteiger partial charge in [0.05, 0.1) is 9.82 Å². The SMILES string of the molecule is C.O=[N+]([O-])c1ccc(S(=O)(=O)N2CCN(c3ccccc3)CC2)cc1. The topological polar surface area (TPSA) is 83.8 Å². The van der Waals surface area contributed by atoms with Crippen molar-refractivity contribution in [1.82, 2.24) is 4.31 Å². The highest BCUT2D eigenvalue weighted by molar-refractivity contribution is 7.89. The Kier molecular flexibility index (Phi) is 5.76. The molecule has 2 aromatic rings. The zero-order valence-corrected chi connectivity index (χ0v) is 13.7. The summed E-state index contributed by atoms with van der Waals surface area (Å²) in [6.45, 7) is 1.98. The summed E-state index contributed by atoms with van der Waals surface area (Å²) in [5.74, 6) is 0. The van der Waals surface area contributed by atoms with E-state index in [1.165, 1.54) is 28.6 Å². The highest BCUT2D eigenvalue weighted by Gasteiger charge is 2.28. The van der Waals surface area contributed by atoms with Crippen LogP contribution in [0, 0.1) is 10.1 Å². The Bertz CT molecular complexity index is 815. The maximum Gasteiger partial charge on any atom is 0.269 e. The number of benzene rings is 2. The van der Waals surface area contributed by atoms with Crippen LogP contribution >= 0.6 is 0 Å². The number of non-ortho nitro benzene ring substituents is 1. The number of hydrogen-bond acceptors (Lipinski definition) is 5. The number of nitro groups is 1. The van der Waals surface area contributed by atoms with Crippen molar-refractivity contribution in [2.45, 2.75) is 12.3 Å². The van der Waals surface area contributed by atoms with Crippen LogP contribution < -0.4 is 4.90 Å². The zero-order valence-electron chi connectivity index (χ0n) is 12.9. The lowest BCUT2D eigenvalue weighted by atomic mass is 10.2. The summed E-state index contributed by atoms with van der Waals surface area (Å²) in [6.07, 6.45) is 0. The minimum Gasteiger partial charge on any atom is -0.369 e. The maximum absolute atomic E-state index is 12.6. The molecule has 1 heterocycles. The molecule has 0 N–H and O–H groups in total. The lowest BCUT2D eigenvalue weighted by Gasteiger charge is -2.35. The van der Waals surface area contributed by atoms with Gasteiger partial charge in [-0.15, -0.1) is 0 Å². The van der Waals surface area contributed by atoms with Crippen molar-refractivity contribution >= 4 is 21.4 Å². The fourth-order valence-corrected chi connectivity index (χ4v) is 4.14. The Balaban J connectivity index is 0.00000225. The molecule has 134 valence electrons. The molecule has 0 aliphatic carbocycles. The average Bonchev–Trinajstić information content (AvgIpc) is 2.62. The summed E-state index contributed by atoms with van der Waals surface area (Å²) in [7, 11) is -3.63. The molecular formula is C17H21N3O4S. The predicted molar refractivity (Wildman–Crippen MR) is 97.2 cm³/mol. The van der Waals surface area contributed by atoms with Crippen LogP contribution in [-0.2, 0) is 10.0 Å². The first-order chi connectivity index (χ1) is 11.5. The van der Waals surface area contributed by atoms with E-state index in [4.69, 9.17) is 0 Å². The summed E-state index contributed by atoms with van der Waals surface area (Å²) in [5, 5.41) is 10.7. The second-order valence-electron chi connectivity index (χ2n) is 5.48. The van der Waals surface area contributed by atoms with Crippen LogP contribution in [0.5, 0.6) is 0 Å². The Morgan fingerprint density at radius 2 is 1.44 bits per heavy atom. The highest BCUT2D eigenvalue weighted by atomic mass is 32.2. The molecule has 1 saturated heterocycles. The Labute approximate surface area is 147 Å². The molecule has 0 atom stereocenters. The molecule has 0 bridgehead atoms. The number of hydrogen-bond donors (Lipinski definition) is 0. The predicted octanol–water partition coefficient (Wildman–Crippen LogP) is 2.74. The van der Waals surface area contributed by atoms with Gasteiger partial charge in [-0.1, -0.05) is 25.6 Å². The molecule has 0 unspecified atom stereocenters. The molecule has 0 radical (unpaired) electrons. The van der Waals surface area contributed by atoms with E-state index in [1.807, 2.05) is 30.3 Å². The van der Waals surface area contributed by atoms with Crippen LogP contribution in [0.4, 0.5) is 11.4 Å². The van der Waals surface area contributed by atoms with Gasteiger partial charge in [-0.2, -0.15) is 4.31 Å². The standard InChI is InChI=1S/C16H17N3O4S.CH4/c20-19(21)15-6-8-16(9-7-15)24(22,23)18-12-10-17(11-13-18)14-4-2-1-3-5-14;/h1-9H,10-13H2;1H4. The van der Waals surface area contributed by atoms with E-state index in [1.54, 1.807) is 0 Å². The van der Waals surface area contributed by atoms with Crippen LogP contribution in [0.15, 0.2) is 59.5 Å². The van der Waals surface area contributed by atoms with E-state index in [0.717, 1.165) is 5.69 Å². The van der Waals surface area contributed by atoms with Gasteiger partial charge in [0.2, 0.25) is 10.0 Å². The molecule has 7 nitrogen and oxygen atoms in total. The van der Waals surface area contributed by atoms with Gasteiger partial charge in [0.15, 0.2) is 0 Å². The number of nitrogens with zero attached hydrogens (tertiary/aromatic N) is 3. The molecular weight excluding hydrogens is 342 g/mol. The van der Waals surface area contributed by atoms with Crippen molar-refractivity contribution in [2.24, 2.45) is 0 Å². The molecule has 2 aromatic carbocycles. The van der Waals surface area contributed by atoms with Gasteiger partial charge in [-0.25, -0.2) is 8.42 Å². The fraction of sp³-hybridized carbons (Fsp3) is 0.294. The van der Waals surface area contributed by atoms with Gasteiger partial charge in [-0.3, -0.25) is 10.1 Å². The van der Waals surface area contributed by atoms with Gasteiger partial charge in [0.25, 0.3) is 5.69 Å². The normalized spacial score (nSPS) is 15.4. The van der Waals surface area contributed by atoms with Gasteiger partial charge in [0, 0.05) is 44.0 Å². The quantitative estimate of drug-likeness (QED) is 0.616. The Morgan fingerprint density at radius 1 is 0.880 bits per heavy atom. The summed E-state index contributed by atoms with van der Waals surface area (Å²) in [6, 6.07) is 14.9. The molecule has 25 heavy (non-hydrogen) atoms. The number of nitro benzene ring substituents is 1. The minimum absolute atomic E-state index is 0. The lowest BCUT2D eigenvalue weighted by Crippen LogP contribution is -2.48. The Hall–Kier alpha value is -2.45. The fourth-order valence-electron chi connectivity index (χ4n) is 2.71. The maximum atomic E-state index is 12.6. The monoisotopic (exact) mass is 363 g/mol. The van der Waals surface area contributed by atoms with Crippen LogP contribution in [-0.4, -0.2) is 43.8 Å². The van der Waals surface area contributed by atoms with E-state index >= 15 is 0 Å². The van der Waals surface area contributed by atoms with Crippen LogP contribution in [0.1, 0.15) is 7.43 Å². The number of anilines is 1. The van der Waals surface area contributed by atoms with Gasteiger partial charge >= 0.3 is 0 Å². The molecule has 3 rings (SSSR count). The third-order valence-electron chi connectivity index (χ3n) is 4.05. The number of sulfonamides is 1. The second kappa shape index (κ2) is 7.62. The number of rotatable bonds is 4. The van der Waals surface area contributed by atoms with Gasteiger partial charge < -0.3 is 4.90 Å². The summed E-state index contributed by atoms with van der Waals surface area (Å²) in [4.78, 5) is 12.4. The van der Waals surface area contributed by atoms with Crippen molar-refractivity contribution < 1.29 is 13.3 Å². The third kappa shape index (κ3) is 3.97. The number of piperazine rings is 1. The molecule has 1 fully saturated rings. The third-order valence-corrected chi connectivity index (χ3v) is 5.96. The van der Waals surface area contributed by atoms with Crippen molar-refractivity contribution in [3.63, 3.8) is 0 Å². The summed E-state index contributed by atoms with van der Waals surface area (Å²) >= 11 is 0. The molecule has 1 aliphatic heterocycles. The largest absolute Gasteiger partial charge is 0.369 e. The molecule has 0 amide bonds. The summed E-state index contributed by atoms with van der Waals surface area (Å²) < 4.78 is 26.7. The van der Waals surface area contributed by atoms with E-state index < -0.39 is 14.9 Å². The lowest BCUT2D eigenvalue weighted by molar-refractivity contribution is -0.384. The average molecular weight is 363 g/mol. The summed E-state index contributed by atoms with van der Waals surface area (Å²) in [5.41, 5.74) is 0.952. The van der Waals surface area contributed by atoms with E-state index in [2.05, 4.69) is 4.90 Å². The molecule has 0 spiro atoms. The van der Waals surface area contributed by atoms with Crippen LogP contribution in [0.3, 0.4) is 0 Å². The second-order valence-corrected chi connectivity index (χ2v) is 7.42. The van der Waals surface area contributed by atoms with Crippen LogP contribution in [0.25, 0.3) is 0 Å². The molecule has 1 aliphatic rings. The van der Waals surface area contributed by atoms with E-state index in [0.29, 0.717) is 26.2 Å². The van der Waals surface area contributed by atoms with Gasteiger partial charge in [-0.05, 0) is 24.3 Å². The number of para-hydroxylation sites is 1.